The van der Waals surface area contributed by atoms with Crippen molar-refractivity contribution < 1.29 is 0 Å². The van der Waals surface area contributed by atoms with E-state index in [2.05, 4.69) is 48.9 Å². The molecule has 0 aliphatic rings. The van der Waals surface area contributed by atoms with Crippen LogP contribution in [0.15, 0.2) is 6.07 Å². The molecule has 0 amide bonds. The standard InChI is InChI=1S/C15H29N3/c1-5-14-12-15(6-2)18(17-14)11-10-16-9-7-8-13(3)4/h12-13,16H,5-11H2,1-4H3. The van der Waals surface area contributed by atoms with Crippen molar-refractivity contribution in [3.8, 4) is 0 Å². The summed E-state index contributed by atoms with van der Waals surface area (Å²) in [5.41, 5.74) is 2.57. The van der Waals surface area contributed by atoms with Crippen molar-refractivity contribution in [2.45, 2.75) is 59.9 Å². The average molecular weight is 251 g/mol. The van der Waals surface area contributed by atoms with E-state index >= 15 is 0 Å². The van der Waals surface area contributed by atoms with Crippen LogP contribution < -0.4 is 5.32 Å². The first-order chi connectivity index (χ1) is 8.67. The molecule has 0 aliphatic carbocycles. The lowest BCUT2D eigenvalue weighted by molar-refractivity contribution is 0.497. The van der Waals surface area contributed by atoms with Gasteiger partial charge < -0.3 is 5.32 Å². The number of nitrogens with zero attached hydrogens (tertiary/aromatic N) is 2. The lowest BCUT2D eigenvalue weighted by Gasteiger charge is -2.08. The molecule has 0 atom stereocenters. The Morgan fingerprint density at radius 2 is 2.00 bits per heavy atom. The van der Waals surface area contributed by atoms with Gasteiger partial charge in [0.15, 0.2) is 0 Å². The highest BCUT2D eigenvalue weighted by Gasteiger charge is 2.04. The van der Waals surface area contributed by atoms with Gasteiger partial charge in [-0.1, -0.05) is 27.7 Å². The second-order valence-corrected chi connectivity index (χ2v) is 5.34. The minimum absolute atomic E-state index is 0.816. The molecule has 18 heavy (non-hydrogen) atoms. The third-order valence-electron chi connectivity index (χ3n) is 3.27. The Morgan fingerprint density at radius 1 is 1.22 bits per heavy atom. The number of hydrogen-bond acceptors (Lipinski definition) is 2. The Balaban J connectivity index is 2.24. The quantitative estimate of drug-likeness (QED) is 0.684. The predicted molar refractivity (Wildman–Crippen MR) is 77.9 cm³/mol. The first kappa shape index (κ1) is 15.2. The van der Waals surface area contributed by atoms with Crippen LogP contribution >= 0.6 is 0 Å². The highest BCUT2D eigenvalue weighted by Crippen LogP contribution is 2.06. The minimum Gasteiger partial charge on any atom is -0.315 e. The van der Waals surface area contributed by atoms with E-state index in [1.165, 1.54) is 24.2 Å². The minimum atomic E-state index is 0.816. The predicted octanol–water partition coefficient (Wildman–Crippen LogP) is 3.03. The van der Waals surface area contributed by atoms with Gasteiger partial charge >= 0.3 is 0 Å². The summed E-state index contributed by atoms with van der Waals surface area (Å²) in [5.74, 6) is 0.816. The Kier molecular flexibility index (Phi) is 7.02. The molecule has 0 spiro atoms. The van der Waals surface area contributed by atoms with Crippen LogP contribution in [0.5, 0.6) is 0 Å². The van der Waals surface area contributed by atoms with Crippen LogP contribution in [-0.4, -0.2) is 22.9 Å². The summed E-state index contributed by atoms with van der Waals surface area (Å²) in [6, 6.07) is 2.23. The normalized spacial score (nSPS) is 11.4. The van der Waals surface area contributed by atoms with Gasteiger partial charge in [0.05, 0.1) is 12.2 Å². The van der Waals surface area contributed by atoms with E-state index in [9.17, 15) is 0 Å². The molecular weight excluding hydrogens is 222 g/mol. The van der Waals surface area contributed by atoms with Crippen molar-refractivity contribution in [2.24, 2.45) is 5.92 Å². The van der Waals surface area contributed by atoms with E-state index in [0.717, 1.165) is 38.4 Å². The molecule has 0 aromatic carbocycles. The maximum Gasteiger partial charge on any atom is 0.0624 e. The van der Waals surface area contributed by atoms with Gasteiger partial charge in [-0.15, -0.1) is 0 Å². The van der Waals surface area contributed by atoms with Crippen LogP contribution in [0.3, 0.4) is 0 Å². The average Bonchev–Trinajstić information content (AvgIpc) is 2.75. The fraction of sp³-hybridized carbons (Fsp3) is 0.800. The molecule has 1 N–H and O–H groups in total. The van der Waals surface area contributed by atoms with E-state index in [-0.39, 0.29) is 0 Å². The van der Waals surface area contributed by atoms with Gasteiger partial charge in [0.1, 0.15) is 0 Å². The molecule has 0 radical (unpaired) electrons. The zero-order chi connectivity index (χ0) is 13.4. The Hall–Kier alpha value is -0.830. The van der Waals surface area contributed by atoms with Gasteiger partial charge in [-0.3, -0.25) is 4.68 Å². The summed E-state index contributed by atoms with van der Waals surface area (Å²) in [6.07, 6.45) is 4.69. The van der Waals surface area contributed by atoms with Crippen LogP contribution in [-0.2, 0) is 19.4 Å². The molecule has 1 aromatic rings. The first-order valence-corrected chi connectivity index (χ1v) is 7.43. The summed E-state index contributed by atoms with van der Waals surface area (Å²) < 4.78 is 2.16. The zero-order valence-corrected chi connectivity index (χ0v) is 12.5. The van der Waals surface area contributed by atoms with Crippen molar-refractivity contribution in [3.05, 3.63) is 17.5 Å². The largest absolute Gasteiger partial charge is 0.315 e. The van der Waals surface area contributed by atoms with Crippen molar-refractivity contribution >= 4 is 0 Å². The van der Waals surface area contributed by atoms with E-state index < -0.39 is 0 Å². The van der Waals surface area contributed by atoms with Crippen molar-refractivity contribution in [2.75, 3.05) is 13.1 Å². The molecule has 104 valence electrons. The molecule has 0 unspecified atom stereocenters. The van der Waals surface area contributed by atoms with Gasteiger partial charge in [-0.25, -0.2) is 0 Å². The molecule has 0 saturated heterocycles. The topological polar surface area (TPSA) is 29.9 Å². The second-order valence-electron chi connectivity index (χ2n) is 5.34. The van der Waals surface area contributed by atoms with Crippen LogP contribution in [0.2, 0.25) is 0 Å². The first-order valence-electron chi connectivity index (χ1n) is 7.43. The highest BCUT2D eigenvalue weighted by molar-refractivity contribution is 5.10. The fourth-order valence-corrected chi connectivity index (χ4v) is 2.11. The van der Waals surface area contributed by atoms with Crippen LogP contribution in [0.4, 0.5) is 0 Å². The Bertz CT molecular complexity index is 328. The van der Waals surface area contributed by atoms with Gasteiger partial charge in [0, 0.05) is 12.2 Å². The summed E-state index contributed by atoms with van der Waals surface area (Å²) >= 11 is 0. The van der Waals surface area contributed by atoms with E-state index in [0.29, 0.717) is 0 Å². The number of rotatable bonds is 9. The van der Waals surface area contributed by atoms with Crippen molar-refractivity contribution in [1.82, 2.24) is 15.1 Å². The lowest BCUT2D eigenvalue weighted by Crippen LogP contribution is -2.22. The summed E-state index contributed by atoms with van der Waals surface area (Å²) in [4.78, 5) is 0. The van der Waals surface area contributed by atoms with Gasteiger partial charge in [-0.2, -0.15) is 5.10 Å². The zero-order valence-electron chi connectivity index (χ0n) is 12.5. The van der Waals surface area contributed by atoms with Gasteiger partial charge in [0.25, 0.3) is 0 Å². The summed E-state index contributed by atoms with van der Waals surface area (Å²) in [5, 5.41) is 8.13. The monoisotopic (exact) mass is 251 g/mol. The van der Waals surface area contributed by atoms with E-state index in [1.807, 2.05) is 0 Å². The van der Waals surface area contributed by atoms with Crippen molar-refractivity contribution in [1.29, 1.82) is 0 Å². The molecule has 3 nitrogen and oxygen atoms in total. The molecule has 0 bridgehead atoms. The van der Waals surface area contributed by atoms with Crippen molar-refractivity contribution in [3.63, 3.8) is 0 Å². The maximum atomic E-state index is 4.62. The SMILES string of the molecule is CCc1cc(CC)n(CCNCCCC(C)C)n1. The van der Waals surface area contributed by atoms with Gasteiger partial charge in [0.2, 0.25) is 0 Å². The van der Waals surface area contributed by atoms with Crippen LogP contribution in [0.25, 0.3) is 0 Å². The molecular formula is C15H29N3. The van der Waals surface area contributed by atoms with E-state index in [4.69, 9.17) is 0 Å². The molecule has 1 heterocycles. The lowest BCUT2D eigenvalue weighted by atomic mass is 10.1. The van der Waals surface area contributed by atoms with E-state index in [1.54, 1.807) is 0 Å². The maximum absolute atomic E-state index is 4.62. The fourth-order valence-electron chi connectivity index (χ4n) is 2.11. The number of hydrogen-bond donors (Lipinski definition) is 1. The number of aromatic nitrogens is 2. The highest BCUT2D eigenvalue weighted by atomic mass is 15.3. The molecule has 1 aromatic heterocycles. The number of aryl methyl sites for hydroxylation is 2. The molecule has 1 rings (SSSR count). The molecule has 0 saturated carbocycles. The molecule has 3 heteroatoms. The summed E-state index contributed by atoms with van der Waals surface area (Å²) in [6.45, 7) is 12.1. The second kappa shape index (κ2) is 8.30. The third kappa shape index (κ3) is 5.21. The Morgan fingerprint density at radius 3 is 2.61 bits per heavy atom. The smallest absolute Gasteiger partial charge is 0.0624 e. The Labute approximate surface area is 112 Å². The summed E-state index contributed by atoms with van der Waals surface area (Å²) in [7, 11) is 0. The number of nitrogens with one attached hydrogen (secondary N) is 1. The molecule has 0 aliphatic heterocycles. The van der Waals surface area contributed by atoms with Gasteiger partial charge in [-0.05, 0) is 44.2 Å². The van der Waals surface area contributed by atoms with Crippen LogP contribution in [0, 0.1) is 5.92 Å². The molecule has 0 fully saturated rings. The third-order valence-corrected chi connectivity index (χ3v) is 3.27. The van der Waals surface area contributed by atoms with Crippen LogP contribution in [0.1, 0.15) is 51.9 Å².